The van der Waals surface area contributed by atoms with Crippen LogP contribution in [0.3, 0.4) is 0 Å². The molecule has 0 N–H and O–H groups in total. The van der Waals surface area contributed by atoms with E-state index < -0.39 is 25.9 Å². The van der Waals surface area contributed by atoms with E-state index in [-0.39, 0.29) is 10.7 Å². The Morgan fingerprint density at radius 1 is 0.947 bits per heavy atom. The van der Waals surface area contributed by atoms with Gasteiger partial charge >= 0.3 is 215 Å². The van der Waals surface area contributed by atoms with Crippen molar-refractivity contribution in [3.8, 4) is 0 Å². The third-order valence-electron chi connectivity index (χ3n) is 6.94. The number of rotatable bonds is 17. The molecule has 0 aliphatic rings. The van der Waals surface area contributed by atoms with Gasteiger partial charge in [0.05, 0.1) is 0 Å². The summed E-state index contributed by atoms with van der Waals surface area (Å²) < 4.78 is 44.7. The molecule has 2 aromatic rings. The number of halogens is 4. The molecule has 1 aromatic heterocycles. The van der Waals surface area contributed by atoms with Crippen molar-refractivity contribution in [1.29, 1.82) is 0 Å². The Hall–Kier alpha value is -1.52. The van der Waals surface area contributed by atoms with Gasteiger partial charge in [-0.3, -0.25) is 12.9 Å². The van der Waals surface area contributed by atoms with E-state index in [4.69, 9.17) is 4.74 Å². The standard InChI is InChI=1S/C11H20N2.C9H9O2.2C4H9.BF3.FH.Sn/c1-3-5-6-7-8-13-10-9-12(4-2)11-13;1-2-11-9(10)8-6-4-3-5-7-8;2*1-3-4-2;2-1(3)4;;/h9-11H,1,3-8H2,2H3;3-4,6-7H,2H2,1H3;2*1,3-4H2,2H3;;1H;/q+1;;;;;;/p-1. The van der Waals surface area contributed by atoms with E-state index in [0.717, 1.165) is 18.7 Å². The molecule has 1 aromatic carbocycles. The Morgan fingerprint density at radius 3 is 2.11 bits per heavy atom. The Balaban J connectivity index is 0.00000255. The van der Waals surface area contributed by atoms with Crippen molar-refractivity contribution in [2.24, 2.45) is 0 Å². The molecule has 10 heteroatoms. The van der Waals surface area contributed by atoms with Crippen LogP contribution in [0.25, 0.3) is 0 Å². The third kappa shape index (κ3) is 14.0. The van der Waals surface area contributed by atoms with Gasteiger partial charge in [0.1, 0.15) is 0 Å². The number of esters is 1. The summed E-state index contributed by atoms with van der Waals surface area (Å²) in [6.45, 7) is 11.3. The van der Waals surface area contributed by atoms with Gasteiger partial charge in [-0.1, -0.05) is 0 Å². The van der Waals surface area contributed by atoms with Gasteiger partial charge in [0.2, 0.25) is 0 Å². The van der Waals surface area contributed by atoms with Crippen LogP contribution in [0.1, 0.15) is 89.4 Å². The van der Waals surface area contributed by atoms with Crippen LogP contribution in [-0.4, -0.2) is 43.1 Å². The Bertz CT molecular complexity index is 875. The maximum Gasteiger partial charge on any atom is 0.762 e. The molecule has 0 spiro atoms. The largest absolute Gasteiger partial charge is 1.00 e. The molecule has 0 atom stereocenters. The first-order chi connectivity index (χ1) is 17.8. The van der Waals surface area contributed by atoms with Gasteiger partial charge < -0.3 is 4.70 Å². The molecule has 0 saturated heterocycles. The summed E-state index contributed by atoms with van der Waals surface area (Å²) in [7, 11) is -3.67. The molecule has 38 heavy (non-hydrogen) atoms. The first-order valence-corrected chi connectivity index (χ1v) is 21.5. The minimum atomic E-state index is -3.67. The topological polar surface area (TPSA) is 35.1 Å². The molecule has 0 aliphatic carbocycles. The number of hydrogen-bond acceptors (Lipinski definition) is 2. The third-order valence-corrected chi connectivity index (χ3v) is 22.5. The number of hydrogen-bond donors (Lipinski definition) is 0. The number of benzene rings is 1. The van der Waals surface area contributed by atoms with Gasteiger partial charge in [0, 0.05) is 0 Å². The fraction of sp³-hybridized carbons (Fsp3) is 0.643. The summed E-state index contributed by atoms with van der Waals surface area (Å²) >= 11 is -2.59. The average Bonchev–Trinajstić information content (AvgIpc) is 3.35. The second-order valence-electron chi connectivity index (χ2n) is 9.68. The molecule has 216 valence electrons. The Morgan fingerprint density at radius 2 is 1.55 bits per heavy atom. The van der Waals surface area contributed by atoms with E-state index >= 15 is 0 Å². The molecule has 0 bridgehead atoms. The smallest absolute Gasteiger partial charge is 0.762 e. The molecular weight excluding hydrogens is 602 g/mol. The van der Waals surface area contributed by atoms with Crippen molar-refractivity contribution in [2.75, 3.05) is 6.61 Å². The van der Waals surface area contributed by atoms with E-state index in [2.05, 4.69) is 66.8 Å². The molecule has 4 nitrogen and oxygen atoms in total. The summed E-state index contributed by atoms with van der Waals surface area (Å²) in [6.07, 6.45) is 17.0. The van der Waals surface area contributed by atoms with E-state index in [1.807, 2.05) is 13.0 Å². The minimum absolute atomic E-state index is 0. The Labute approximate surface area is 231 Å². The van der Waals surface area contributed by atoms with Gasteiger partial charge in [-0.05, 0) is 0 Å². The minimum Gasteiger partial charge on any atom is -1.00 e. The molecular formula is C28H47BF4N2O2Sn. The molecule has 0 fully saturated rings. The first kappa shape index (κ1) is 36.5. The first-order valence-electron chi connectivity index (χ1n) is 14.1. The van der Waals surface area contributed by atoms with Gasteiger partial charge in [-0.15, -0.1) is 0 Å². The quantitative estimate of drug-likeness (QED) is 0.0840. The molecule has 0 unspecified atom stereocenters. The zero-order chi connectivity index (χ0) is 27.5. The fourth-order valence-corrected chi connectivity index (χ4v) is 20.6. The summed E-state index contributed by atoms with van der Waals surface area (Å²) in [5.74, 6) is -0.167. The maximum atomic E-state index is 12.4. The van der Waals surface area contributed by atoms with Crippen LogP contribution in [0.4, 0.5) is 12.9 Å². The summed E-state index contributed by atoms with van der Waals surface area (Å²) in [4.78, 5) is 12.4. The van der Waals surface area contributed by atoms with E-state index in [9.17, 15) is 17.7 Å². The number of imidazole rings is 1. The SMILES string of the molecule is CCC[CH2][Sn]([CH2]CCC)([CH2]CCCCC[n+]1ccn(CC)c1)[c]1cccc(C(=O)OCC)c1.FB(F)F.[F-]. The van der Waals surface area contributed by atoms with E-state index in [1.54, 1.807) is 3.58 Å². The molecule has 0 radical (unpaired) electrons. The number of aromatic nitrogens is 2. The number of carbonyl (C=O) groups excluding carboxylic acids is 1. The molecule has 0 amide bonds. The maximum absolute atomic E-state index is 12.4. The Kier molecular flexibility index (Phi) is 20.5. The van der Waals surface area contributed by atoms with Crippen LogP contribution in [0.15, 0.2) is 43.0 Å². The average molecular weight is 649 g/mol. The summed E-state index contributed by atoms with van der Waals surface area (Å²) in [5, 5.41) is 0. The normalized spacial score (nSPS) is 10.8. The van der Waals surface area contributed by atoms with E-state index in [1.165, 1.54) is 64.7 Å². The van der Waals surface area contributed by atoms with Crippen molar-refractivity contribution in [2.45, 2.75) is 105 Å². The van der Waals surface area contributed by atoms with Crippen LogP contribution in [-0.2, 0) is 17.8 Å². The summed E-state index contributed by atoms with van der Waals surface area (Å²) in [5.41, 5.74) is 0.750. The monoisotopic (exact) mass is 650 g/mol. The van der Waals surface area contributed by atoms with Crippen molar-refractivity contribution in [3.05, 3.63) is 48.5 Å². The van der Waals surface area contributed by atoms with Gasteiger partial charge in [-0.2, -0.15) is 0 Å². The van der Waals surface area contributed by atoms with Crippen molar-refractivity contribution < 1.29 is 31.7 Å². The van der Waals surface area contributed by atoms with Crippen LogP contribution in [0.2, 0.25) is 13.3 Å². The number of ether oxygens (including phenoxy) is 1. The number of aryl methyl sites for hydroxylation is 2. The molecule has 2 rings (SSSR count). The predicted molar refractivity (Wildman–Crippen MR) is 150 cm³/mol. The zero-order valence-electron chi connectivity index (χ0n) is 23.7. The van der Waals surface area contributed by atoms with E-state index in [0.29, 0.717) is 6.61 Å². The van der Waals surface area contributed by atoms with Gasteiger partial charge in [-0.25, -0.2) is 0 Å². The van der Waals surface area contributed by atoms with Crippen LogP contribution < -0.4 is 12.9 Å². The van der Waals surface area contributed by atoms with Gasteiger partial charge in [0.25, 0.3) is 0 Å². The fourth-order valence-electron chi connectivity index (χ4n) is 4.90. The van der Waals surface area contributed by atoms with Crippen molar-refractivity contribution in [3.63, 3.8) is 0 Å². The second kappa shape index (κ2) is 21.3. The van der Waals surface area contributed by atoms with Crippen LogP contribution in [0.5, 0.6) is 0 Å². The van der Waals surface area contributed by atoms with Crippen LogP contribution in [0, 0.1) is 0 Å². The van der Waals surface area contributed by atoms with Crippen molar-refractivity contribution in [1.82, 2.24) is 4.57 Å². The number of carbonyl (C=O) groups is 1. The number of nitrogens with zero attached hydrogens (tertiary/aromatic N) is 2. The van der Waals surface area contributed by atoms with Crippen LogP contribution >= 0.6 is 0 Å². The summed E-state index contributed by atoms with van der Waals surface area (Å²) in [6, 6.07) is 8.60. The zero-order valence-corrected chi connectivity index (χ0v) is 26.6. The molecule has 0 aliphatic heterocycles. The van der Waals surface area contributed by atoms with Crippen molar-refractivity contribution >= 4 is 35.5 Å². The predicted octanol–water partition coefficient (Wildman–Crippen LogP) is 4.37. The number of unbranched alkanes of at least 4 members (excludes halogenated alkanes) is 5. The second-order valence-corrected chi connectivity index (χ2v) is 22.9. The molecule has 1 heterocycles. The molecule has 0 saturated carbocycles. The van der Waals surface area contributed by atoms with Gasteiger partial charge in [0.15, 0.2) is 0 Å².